The predicted molar refractivity (Wildman–Crippen MR) is 85.9 cm³/mol. The number of aliphatic hydroxyl groups excluding tert-OH is 1. The van der Waals surface area contributed by atoms with E-state index >= 15 is 0 Å². The van der Waals surface area contributed by atoms with Gasteiger partial charge in [0.25, 0.3) is 0 Å². The molecule has 114 valence electrons. The molecule has 1 N–H and O–H groups in total. The number of hydrogen-bond donors (Lipinski definition) is 1. The van der Waals surface area contributed by atoms with Crippen LogP contribution in [0, 0.1) is 0 Å². The molecule has 0 fully saturated rings. The number of furan rings is 1. The van der Waals surface area contributed by atoms with Crippen LogP contribution in [0.15, 0.2) is 53.2 Å². The zero-order chi connectivity index (χ0) is 15.8. The largest absolute Gasteiger partial charge is 0.458 e. The highest BCUT2D eigenvalue weighted by molar-refractivity contribution is 6.01. The third-order valence-corrected chi connectivity index (χ3v) is 4.22. The van der Waals surface area contributed by atoms with Gasteiger partial charge >= 0.3 is 0 Å². The van der Waals surface area contributed by atoms with Gasteiger partial charge in [0, 0.05) is 35.5 Å². The summed E-state index contributed by atoms with van der Waals surface area (Å²) in [5.74, 6) is 1.44. The third-order valence-electron chi connectivity index (χ3n) is 4.22. The van der Waals surface area contributed by atoms with Crippen LogP contribution in [0.25, 0.3) is 22.5 Å². The van der Waals surface area contributed by atoms with Crippen molar-refractivity contribution in [3.63, 3.8) is 0 Å². The topological polar surface area (TPSA) is 63.3 Å². The standard InChI is InChI=1S/C19H15NO3/c21-11-15-10-17(19(23-15)12-5-7-20-8-6-12)14-1-3-16-13(9-14)2-4-18(16)22/h1,3,5-10,21H,2,4,11H2. The Morgan fingerprint density at radius 1 is 1.00 bits per heavy atom. The van der Waals surface area contributed by atoms with Crippen molar-refractivity contribution in [2.24, 2.45) is 0 Å². The Kier molecular flexibility index (Phi) is 3.32. The van der Waals surface area contributed by atoms with Crippen molar-refractivity contribution in [2.45, 2.75) is 19.4 Å². The highest BCUT2D eigenvalue weighted by Gasteiger charge is 2.21. The van der Waals surface area contributed by atoms with Gasteiger partial charge in [-0.15, -0.1) is 0 Å². The summed E-state index contributed by atoms with van der Waals surface area (Å²) in [7, 11) is 0. The molecule has 0 amide bonds. The van der Waals surface area contributed by atoms with Crippen molar-refractivity contribution in [1.29, 1.82) is 0 Å². The molecule has 4 nitrogen and oxygen atoms in total. The van der Waals surface area contributed by atoms with Crippen molar-refractivity contribution >= 4 is 5.78 Å². The second kappa shape index (κ2) is 5.48. The van der Waals surface area contributed by atoms with Crippen LogP contribution in [0.2, 0.25) is 0 Å². The van der Waals surface area contributed by atoms with Gasteiger partial charge in [0.15, 0.2) is 5.78 Å². The zero-order valence-electron chi connectivity index (χ0n) is 12.5. The Labute approximate surface area is 133 Å². The maximum Gasteiger partial charge on any atom is 0.163 e. The number of pyridine rings is 1. The Morgan fingerprint density at radius 3 is 2.61 bits per heavy atom. The molecule has 1 aromatic carbocycles. The molecule has 0 atom stereocenters. The van der Waals surface area contributed by atoms with E-state index in [0.717, 1.165) is 34.2 Å². The van der Waals surface area contributed by atoms with Gasteiger partial charge in [-0.25, -0.2) is 0 Å². The fraction of sp³-hybridized carbons (Fsp3) is 0.158. The fourth-order valence-electron chi connectivity index (χ4n) is 3.08. The third kappa shape index (κ3) is 2.37. The molecule has 0 aliphatic heterocycles. The maximum atomic E-state index is 11.8. The van der Waals surface area contributed by atoms with Crippen LogP contribution < -0.4 is 0 Å². The van der Waals surface area contributed by atoms with E-state index in [2.05, 4.69) is 11.1 Å². The highest BCUT2D eigenvalue weighted by Crippen LogP contribution is 2.37. The van der Waals surface area contributed by atoms with Gasteiger partial charge in [0.05, 0.1) is 0 Å². The Bertz CT molecular complexity index is 881. The normalized spacial score (nSPS) is 13.3. The molecule has 1 aliphatic carbocycles. The van der Waals surface area contributed by atoms with Gasteiger partial charge in [-0.05, 0) is 35.7 Å². The number of carbonyl (C=O) groups is 1. The number of ketones is 1. The lowest BCUT2D eigenvalue weighted by atomic mass is 9.98. The molecule has 0 unspecified atom stereocenters. The van der Waals surface area contributed by atoms with Crippen LogP contribution in [0.1, 0.15) is 28.1 Å². The molecule has 23 heavy (non-hydrogen) atoms. The molecule has 0 bridgehead atoms. The number of benzene rings is 1. The summed E-state index contributed by atoms with van der Waals surface area (Å²) >= 11 is 0. The van der Waals surface area contributed by atoms with Gasteiger partial charge in [-0.2, -0.15) is 0 Å². The van der Waals surface area contributed by atoms with Crippen molar-refractivity contribution in [3.8, 4) is 22.5 Å². The van der Waals surface area contributed by atoms with Gasteiger partial charge in [0.1, 0.15) is 18.1 Å². The second-order valence-electron chi connectivity index (χ2n) is 5.64. The van der Waals surface area contributed by atoms with Crippen LogP contribution in [0.3, 0.4) is 0 Å². The van der Waals surface area contributed by atoms with Crippen molar-refractivity contribution < 1.29 is 14.3 Å². The van der Waals surface area contributed by atoms with Crippen molar-refractivity contribution in [1.82, 2.24) is 4.98 Å². The number of aromatic nitrogens is 1. The number of Topliss-reactive ketones (excluding diaryl/α,β-unsaturated/α-hetero) is 1. The van der Waals surface area contributed by atoms with E-state index in [1.165, 1.54) is 0 Å². The first-order valence-electron chi connectivity index (χ1n) is 7.57. The van der Waals surface area contributed by atoms with Crippen LogP contribution in [0.4, 0.5) is 0 Å². The van der Waals surface area contributed by atoms with Crippen molar-refractivity contribution in [3.05, 3.63) is 65.7 Å². The minimum Gasteiger partial charge on any atom is -0.458 e. The van der Waals surface area contributed by atoms with E-state index in [1.807, 2.05) is 30.3 Å². The highest BCUT2D eigenvalue weighted by atomic mass is 16.4. The first kappa shape index (κ1) is 13.9. The minimum atomic E-state index is -0.151. The Hall–Kier alpha value is -2.72. The summed E-state index contributed by atoms with van der Waals surface area (Å²) in [5, 5.41) is 9.41. The average Bonchev–Trinajstić information content (AvgIpc) is 3.19. The molecule has 2 aromatic heterocycles. The number of aryl methyl sites for hydroxylation is 1. The minimum absolute atomic E-state index is 0.151. The molecule has 4 heteroatoms. The van der Waals surface area contributed by atoms with E-state index in [-0.39, 0.29) is 12.4 Å². The van der Waals surface area contributed by atoms with E-state index in [1.54, 1.807) is 12.4 Å². The first-order valence-corrected chi connectivity index (χ1v) is 7.57. The van der Waals surface area contributed by atoms with E-state index in [4.69, 9.17) is 4.42 Å². The summed E-state index contributed by atoms with van der Waals surface area (Å²) in [6.07, 6.45) is 4.80. The zero-order valence-corrected chi connectivity index (χ0v) is 12.5. The number of carbonyl (C=O) groups excluding carboxylic acids is 1. The summed E-state index contributed by atoms with van der Waals surface area (Å²) in [4.78, 5) is 15.8. The Balaban J connectivity index is 1.86. The SMILES string of the molecule is O=C1CCc2cc(-c3cc(CO)oc3-c3ccncc3)ccc21. The molecule has 0 radical (unpaired) electrons. The Morgan fingerprint density at radius 2 is 1.83 bits per heavy atom. The second-order valence-corrected chi connectivity index (χ2v) is 5.64. The van der Waals surface area contributed by atoms with Gasteiger partial charge in [-0.3, -0.25) is 9.78 Å². The maximum absolute atomic E-state index is 11.8. The average molecular weight is 305 g/mol. The number of hydrogen-bond acceptors (Lipinski definition) is 4. The van der Waals surface area contributed by atoms with Gasteiger partial charge < -0.3 is 9.52 Å². The van der Waals surface area contributed by atoms with Crippen LogP contribution in [-0.4, -0.2) is 15.9 Å². The molecule has 1 aliphatic rings. The van der Waals surface area contributed by atoms with E-state index < -0.39 is 0 Å². The molecule has 0 saturated carbocycles. The molecule has 0 spiro atoms. The van der Waals surface area contributed by atoms with Gasteiger partial charge in [0.2, 0.25) is 0 Å². The molecule has 4 rings (SSSR count). The molecular weight excluding hydrogens is 290 g/mol. The van der Waals surface area contributed by atoms with E-state index in [0.29, 0.717) is 17.9 Å². The van der Waals surface area contributed by atoms with Gasteiger partial charge in [-0.1, -0.05) is 18.2 Å². The lowest BCUT2D eigenvalue weighted by molar-refractivity contribution is 0.0994. The molecular formula is C19H15NO3. The quantitative estimate of drug-likeness (QED) is 0.802. The lowest BCUT2D eigenvalue weighted by Crippen LogP contribution is -1.91. The summed E-state index contributed by atoms with van der Waals surface area (Å²) in [6, 6.07) is 11.5. The fourth-order valence-corrected chi connectivity index (χ4v) is 3.08. The predicted octanol–water partition coefficient (Wildman–Crippen LogP) is 3.63. The summed E-state index contributed by atoms with van der Waals surface area (Å²) in [6.45, 7) is -0.151. The summed E-state index contributed by atoms with van der Waals surface area (Å²) in [5.41, 5.74) is 4.73. The number of rotatable bonds is 3. The van der Waals surface area contributed by atoms with Crippen molar-refractivity contribution in [2.75, 3.05) is 0 Å². The van der Waals surface area contributed by atoms with Crippen LogP contribution in [-0.2, 0) is 13.0 Å². The molecule has 3 aromatic rings. The number of nitrogens with zero attached hydrogens (tertiary/aromatic N) is 1. The smallest absolute Gasteiger partial charge is 0.163 e. The molecule has 2 heterocycles. The number of aliphatic hydroxyl groups is 1. The summed E-state index contributed by atoms with van der Waals surface area (Å²) < 4.78 is 5.80. The van der Waals surface area contributed by atoms with E-state index in [9.17, 15) is 9.90 Å². The van der Waals surface area contributed by atoms with Crippen LogP contribution in [0.5, 0.6) is 0 Å². The van der Waals surface area contributed by atoms with Crippen LogP contribution >= 0.6 is 0 Å². The lowest BCUT2D eigenvalue weighted by Gasteiger charge is -2.05. The monoisotopic (exact) mass is 305 g/mol. The number of fused-ring (bicyclic) bond motifs is 1. The molecule has 0 saturated heterocycles. The first-order chi connectivity index (χ1) is 11.3.